The van der Waals surface area contributed by atoms with Crippen LogP contribution >= 0.6 is 22.7 Å². The van der Waals surface area contributed by atoms with Crippen molar-refractivity contribution in [3.8, 4) is 0 Å². The van der Waals surface area contributed by atoms with E-state index in [9.17, 15) is 4.79 Å². The lowest BCUT2D eigenvalue weighted by molar-refractivity contribution is -0.142. The molecule has 0 spiro atoms. The van der Waals surface area contributed by atoms with Gasteiger partial charge >= 0.3 is 5.97 Å². The zero-order valence-electron chi connectivity index (χ0n) is 10.3. The number of esters is 1. The van der Waals surface area contributed by atoms with Crippen LogP contribution < -0.4 is 0 Å². The topological polar surface area (TPSA) is 52.1 Å². The Morgan fingerprint density at radius 1 is 1.28 bits per heavy atom. The third kappa shape index (κ3) is 3.61. The highest BCUT2D eigenvalue weighted by atomic mass is 32.1. The molecule has 0 unspecified atom stereocenters. The standard InChI is InChI=1S/C12H14N2O2S2/c1-3-16-12(15)4-9-7-18-11(14-9)5-10-13-8(2)6-17-10/h6-7H,3-5H2,1-2H3. The van der Waals surface area contributed by atoms with Crippen molar-refractivity contribution < 1.29 is 9.53 Å². The average Bonchev–Trinajstić information content (AvgIpc) is 2.89. The first-order valence-corrected chi connectivity index (χ1v) is 7.43. The molecule has 0 atom stereocenters. The molecule has 0 aliphatic heterocycles. The predicted molar refractivity (Wildman–Crippen MR) is 72.1 cm³/mol. The molecule has 0 N–H and O–H groups in total. The highest BCUT2D eigenvalue weighted by Gasteiger charge is 2.09. The van der Waals surface area contributed by atoms with Crippen LogP contribution in [0.1, 0.15) is 28.3 Å². The van der Waals surface area contributed by atoms with Gasteiger partial charge in [0.15, 0.2) is 0 Å². The number of carbonyl (C=O) groups excluding carboxylic acids is 1. The van der Waals surface area contributed by atoms with Gasteiger partial charge in [-0.3, -0.25) is 4.79 Å². The van der Waals surface area contributed by atoms with Gasteiger partial charge < -0.3 is 4.74 Å². The van der Waals surface area contributed by atoms with Gasteiger partial charge in [0.25, 0.3) is 0 Å². The maximum Gasteiger partial charge on any atom is 0.311 e. The zero-order chi connectivity index (χ0) is 13.0. The summed E-state index contributed by atoms with van der Waals surface area (Å²) < 4.78 is 4.89. The van der Waals surface area contributed by atoms with Crippen molar-refractivity contribution in [3.63, 3.8) is 0 Å². The first kappa shape index (κ1) is 13.2. The van der Waals surface area contributed by atoms with Gasteiger partial charge in [-0.25, -0.2) is 9.97 Å². The van der Waals surface area contributed by atoms with E-state index in [0.29, 0.717) is 6.61 Å². The van der Waals surface area contributed by atoms with Crippen LogP contribution in [0.5, 0.6) is 0 Å². The summed E-state index contributed by atoms with van der Waals surface area (Å²) in [5, 5.41) is 5.99. The summed E-state index contributed by atoms with van der Waals surface area (Å²) in [6.45, 7) is 4.19. The summed E-state index contributed by atoms with van der Waals surface area (Å²) >= 11 is 3.20. The van der Waals surface area contributed by atoms with Crippen molar-refractivity contribution in [3.05, 3.63) is 32.2 Å². The minimum Gasteiger partial charge on any atom is -0.466 e. The van der Waals surface area contributed by atoms with Crippen LogP contribution in [0.25, 0.3) is 0 Å². The second-order valence-electron chi connectivity index (χ2n) is 3.77. The van der Waals surface area contributed by atoms with Crippen molar-refractivity contribution in [2.45, 2.75) is 26.7 Å². The average molecular weight is 282 g/mol. The fourth-order valence-corrected chi connectivity index (χ4v) is 3.15. The number of nitrogens with zero attached hydrogens (tertiary/aromatic N) is 2. The third-order valence-corrected chi connectivity index (χ3v) is 4.06. The van der Waals surface area contributed by atoms with Crippen LogP contribution in [0.3, 0.4) is 0 Å². The number of ether oxygens (including phenoxy) is 1. The highest BCUT2D eigenvalue weighted by Crippen LogP contribution is 2.18. The molecule has 0 aliphatic carbocycles. The molecule has 0 radical (unpaired) electrons. The SMILES string of the molecule is CCOC(=O)Cc1csc(Cc2nc(C)cs2)n1. The molecule has 2 aromatic rings. The zero-order valence-corrected chi connectivity index (χ0v) is 11.9. The van der Waals surface area contributed by atoms with Gasteiger partial charge in [0.05, 0.1) is 35.2 Å². The van der Waals surface area contributed by atoms with Crippen LogP contribution in [0.2, 0.25) is 0 Å². The Morgan fingerprint density at radius 3 is 2.67 bits per heavy atom. The minimum atomic E-state index is -0.223. The van der Waals surface area contributed by atoms with Crippen molar-refractivity contribution in [1.29, 1.82) is 0 Å². The quantitative estimate of drug-likeness (QED) is 0.791. The van der Waals surface area contributed by atoms with Crippen LogP contribution in [-0.2, 0) is 22.4 Å². The van der Waals surface area contributed by atoms with Gasteiger partial charge in [0, 0.05) is 16.5 Å². The number of rotatable bonds is 5. The Morgan fingerprint density at radius 2 is 2.00 bits per heavy atom. The van der Waals surface area contributed by atoms with Gasteiger partial charge in [0.2, 0.25) is 0 Å². The van der Waals surface area contributed by atoms with E-state index in [1.54, 1.807) is 29.6 Å². The van der Waals surface area contributed by atoms with Gasteiger partial charge in [-0.2, -0.15) is 0 Å². The molecule has 2 rings (SSSR count). The number of aromatic nitrogens is 2. The lowest BCUT2D eigenvalue weighted by atomic mass is 10.3. The number of carbonyl (C=O) groups is 1. The smallest absolute Gasteiger partial charge is 0.311 e. The molecule has 96 valence electrons. The second-order valence-corrected chi connectivity index (χ2v) is 5.66. The molecule has 0 aromatic carbocycles. The Kier molecular flexibility index (Phi) is 4.43. The molecule has 2 heterocycles. The minimum absolute atomic E-state index is 0.223. The number of hydrogen-bond donors (Lipinski definition) is 0. The van der Waals surface area contributed by atoms with Crippen molar-refractivity contribution in [2.75, 3.05) is 6.61 Å². The molecule has 0 fully saturated rings. The predicted octanol–water partition coefficient (Wildman–Crippen LogP) is 2.60. The molecular formula is C12H14N2O2S2. The Labute approximate surface area is 114 Å². The van der Waals surface area contributed by atoms with Crippen LogP contribution in [0.15, 0.2) is 10.8 Å². The van der Waals surface area contributed by atoms with Crippen molar-refractivity contribution in [1.82, 2.24) is 9.97 Å². The van der Waals surface area contributed by atoms with E-state index in [0.717, 1.165) is 27.8 Å². The Balaban J connectivity index is 1.95. The highest BCUT2D eigenvalue weighted by molar-refractivity contribution is 7.11. The number of thiazole rings is 2. The molecule has 0 bridgehead atoms. The number of hydrogen-bond acceptors (Lipinski definition) is 6. The molecule has 2 aromatic heterocycles. The molecule has 0 amide bonds. The summed E-state index contributed by atoms with van der Waals surface area (Å²) in [7, 11) is 0. The van der Waals surface area contributed by atoms with E-state index in [1.807, 2.05) is 17.7 Å². The summed E-state index contributed by atoms with van der Waals surface area (Å²) in [5.74, 6) is -0.223. The van der Waals surface area contributed by atoms with Crippen LogP contribution in [0, 0.1) is 6.92 Å². The second kappa shape index (κ2) is 6.06. The molecule has 0 aliphatic rings. The Hall–Kier alpha value is -1.27. The van der Waals surface area contributed by atoms with Crippen LogP contribution in [-0.4, -0.2) is 22.5 Å². The summed E-state index contributed by atoms with van der Waals surface area (Å²) in [4.78, 5) is 20.1. The van der Waals surface area contributed by atoms with Crippen molar-refractivity contribution in [2.24, 2.45) is 0 Å². The molecule has 6 heteroatoms. The Bertz CT molecular complexity index is 534. The van der Waals surface area contributed by atoms with Crippen LogP contribution in [0.4, 0.5) is 0 Å². The molecule has 0 saturated heterocycles. The molecule has 18 heavy (non-hydrogen) atoms. The summed E-state index contributed by atoms with van der Waals surface area (Å²) in [5.41, 5.74) is 1.82. The molecule has 0 saturated carbocycles. The first-order valence-electron chi connectivity index (χ1n) is 5.67. The lowest BCUT2D eigenvalue weighted by Crippen LogP contribution is -2.07. The monoisotopic (exact) mass is 282 g/mol. The van der Waals surface area contributed by atoms with Crippen molar-refractivity contribution >= 4 is 28.6 Å². The fraction of sp³-hybridized carbons (Fsp3) is 0.417. The lowest BCUT2D eigenvalue weighted by Gasteiger charge is -1.97. The van der Waals surface area contributed by atoms with E-state index >= 15 is 0 Å². The normalized spacial score (nSPS) is 10.6. The third-order valence-electron chi connectivity index (χ3n) is 2.20. The first-order chi connectivity index (χ1) is 8.67. The van der Waals surface area contributed by atoms with Gasteiger partial charge in [-0.15, -0.1) is 22.7 Å². The maximum absolute atomic E-state index is 11.3. The van der Waals surface area contributed by atoms with E-state index < -0.39 is 0 Å². The van der Waals surface area contributed by atoms with E-state index in [4.69, 9.17) is 4.74 Å². The van der Waals surface area contributed by atoms with Gasteiger partial charge in [0.1, 0.15) is 0 Å². The fourth-order valence-electron chi connectivity index (χ4n) is 1.48. The maximum atomic E-state index is 11.3. The van der Waals surface area contributed by atoms with Gasteiger partial charge in [-0.05, 0) is 13.8 Å². The largest absolute Gasteiger partial charge is 0.466 e. The van der Waals surface area contributed by atoms with E-state index in [1.165, 1.54) is 0 Å². The summed E-state index contributed by atoms with van der Waals surface area (Å²) in [6, 6.07) is 0. The summed E-state index contributed by atoms with van der Waals surface area (Å²) in [6.07, 6.45) is 0.993. The number of aryl methyl sites for hydroxylation is 1. The molecule has 4 nitrogen and oxygen atoms in total. The molecular weight excluding hydrogens is 268 g/mol. The van der Waals surface area contributed by atoms with Gasteiger partial charge in [-0.1, -0.05) is 0 Å². The van der Waals surface area contributed by atoms with E-state index in [2.05, 4.69) is 9.97 Å². The van der Waals surface area contributed by atoms with E-state index in [-0.39, 0.29) is 12.4 Å².